The predicted octanol–water partition coefficient (Wildman–Crippen LogP) is 8.35. The van der Waals surface area contributed by atoms with Crippen LogP contribution in [0.1, 0.15) is 142 Å². The Morgan fingerprint density at radius 3 is 1.71 bits per heavy atom. The molecule has 0 aromatic rings. The number of hydrogen-bond donors (Lipinski definition) is 0. The lowest BCUT2D eigenvalue weighted by Crippen LogP contribution is -2.55. The molecular weight excluding hydrogens is 618 g/mol. The minimum Gasteiger partial charge on any atom is -0.544 e. The summed E-state index contributed by atoms with van der Waals surface area (Å²) in [4.78, 5) is 36.5. The number of carboxylic acid groups (broad SMARTS) is 1. The van der Waals surface area contributed by atoms with Crippen molar-refractivity contribution in [2.45, 2.75) is 154 Å². The van der Waals surface area contributed by atoms with E-state index in [0.717, 1.165) is 32.1 Å². The largest absolute Gasteiger partial charge is 0.544 e. The number of aliphatic carboxylic acids is 1. The molecule has 0 saturated heterocycles. The van der Waals surface area contributed by atoms with Crippen LogP contribution in [0.2, 0.25) is 0 Å². The van der Waals surface area contributed by atoms with Crippen molar-refractivity contribution in [2.24, 2.45) is 0 Å². The molecule has 0 radical (unpaired) electrons. The lowest BCUT2D eigenvalue weighted by Gasteiger charge is -2.34. The van der Waals surface area contributed by atoms with Gasteiger partial charge in [-0.1, -0.05) is 114 Å². The Morgan fingerprint density at radius 1 is 0.612 bits per heavy atom. The Balaban J connectivity index is 4.47. The van der Waals surface area contributed by atoms with Crippen molar-refractivity contribution in [2.75, 3.05) is 41.0 Å². The molecule has 0 amide bonds. The average molecular weight is 690 g/mol. The highest BCUT2D eigenvalue weighted by Crippen LogP contribution is 2.10. The molecular formula is C41H71NO7. The summed E-state index contributed by atoms with van der Waals surface area (Å²) in [7, 11) is 5.36. The quantitative estimate of drug-likeness (QED) is 0.0295. The number of likely N-dealkylation sites (N-methyl/N-ethyl adjacent to an activating group) is 1. The van der Waals surface area contributed by atoms with Gasteiger partial charge in [-0.05, 0) is 57.8 Å². The first-order chi connectivity index (χ1) is 23.6. The second kappa shape index (κ2) is 32.5. The van der Waals surface area contributed by atoms with E-state index in [0.29, 0.717) is 12.8 Å². The normalized spacial score (nSPS) is 13.6. The van der Waals surface area contributed by atoms with Crippen molar-refractivity contribution in [3.63, 3.8) is 0 Å². The first-order valence-corrected chi connectivity index (χ1v) is 19.2. The summed E-state index contributed by atoms with van der Waals surface area (Å²) in [5.41, 5.74) is 0. The van der Waals surface area contributed by atoms with Gasteiger partial charge in [0.2, 0.25) is 0 Å². The fraction of sp³-hybridized carbons (Fsp3) is 0.732. The lowest BCUT2D eigenvalue weighted by molar-refractivity contribution is -0.889. The van der Waals surface area contributed by atoms with Gasteiger partial charge in [-0.25, -0.2) is 0 Å². The summed E-state index contributed by atoms with van der Waals surface area (Å²) < 4.78 is 16.9. The van der Waals surface area contributed by atoms with E-state index in [1.807, 2.05) is 6.08 Å². The topological polar surface area (TPSA) is 102 Å². The van der Waals surface area contributed by atoms with Crippen LogP contribution in [-0.4, -0.2) is 75.5 Å². The molecule has 0 aromatic heterocycles. The second-order valence-corrected chi connectivity index (χ2v) is 13.8. The van der Waals surface area contributed by atoms with Gasteiger partial charge in [-0.15, -0.1) is 0 Å². The third kappa shape index (κ3) is 31.0. The van der Waals surface area contributed by atoms with E-state index in [9.17, 15) is 19.5 Å². The first kappa shape index (κ1) is 46.3. The molecule has 282 valence electrons. The van der Waals surface area contributed by atoms with Crippen LogP contribution in [0.3, 0.4) is 0 Å². The van der Waals surface area contributed by atoms with Crippen LogP contribution in [0.5, 0.6) is 0 Å². The number of nitrogens with zero attached hydrogens (tertiary/aromatic N) is 1. The van der Waals surface area contributed by atoms with E-state index in [4.69, 9.17) is 14.2 Å². The fourth-order valence-corrected chi connectivity index (χ4v) is 5.16. The molecule has 8 nitrogen and oxygen atoms in total. The van der Waals surface area contributed by atoms with Gasteiger partial charge in [0, 0.05) is 19.3 Å². The van der Waals surface area contributed by atoms with Crippen LogP contribution in [0.15, 0.2) is 48.6 Å². The summed E-state index contributed by atoms with van der Waals surface area (Å²) in [5, 5.41) is 11.5. The molecule has 0 N–H and O–H groups in total. The van der Waals surface area contributed by atoms with Crippen LogP contribution in [-0.2, 0) is 28.6 Å². The first-order valence-electron chi connectivity index (χ1n) is 19.2. The highest BCUT2D eigenvalue weighted by atomic mass is 16.6. The number of rotatable bonds is 33. The molecule has 0 bridgehead atoms. The van der Waals surface area contributed by atoms with E-state index in [2.05, 4.69) is 56.4 Å². The molecule has 0 heterocycles. The number of carbonyl (C=O) groups is 3. The van der Waals surface area contributed by atoms with Crippen LogP contribution in [0.25, 0.3) is 0 Å². The molecule has 0 saturated carbocycles. The van der Waals surface area contributed by atoms with Crippen molar-refractivity contribution in [1.82, 2.24) is 0 Å². The van der Waals surface area contributed by atoms with E-state index in [1.165, 1.54) is 64.2 Å². The maximum Gasteiger partial charge on any atom is 0.306 e. The molecule has 0 rings (SSSR count). The van der Waals surface area contributed by atoms with Gasteiger partial charge in [-0.3, -0.25) is 9.59 Å². The predicted molar refractivity (Wildman–Crippen MR) is 199 cm³/mol. The zero-order valence-electron chi connectivity index (χ0n) is 31.8. The monoisotopic (exact) mass is 690 g/mol. The van der Waals surface area contributed by atoms with Crippen LogP contribution >= 0.6 is 0 Å². The van der Waals surface area contributed by atoms with Gasteiger partial charge in [-0.2, -0.15) is 0 Å². The summed E-state index contributed by atoms with van der Waals surface area (Å²) in [5.74, 6) is -1.88. The number of esters is 2. The smallest absolute Gasteiger partial charge is 0.306 e. The van der Waals surface area contributed by atoms with Gasteiger partial charge >= 0.3 is 11.9 Å². The standard InChI is InChI=1S/C41H71NO7/c1-6-8-10-12-14-16-17-18-19-20-21-22-23-24-26-27-29-31-39(43)48-36-37(35-47-34-33-38(41(45)46)42(3,4)5)49-40(44)32-30-28-25-15-13-11-9-7-2/h18-19,21-22,24-26,28,37-38H,6-17,20,23,27,29-36H2,1-5H3/b19-18+,22-21+,26-24+,28-25+. The van der Waals surface area contributed by atoms with Gasteiger partial charge in [0.05, 0.1) is 40.3 Å². The van der Waals surface area contributed by atoms with Crippen LogP contribution < -0.4 is 5.11 Å². The third-order valence-corrected chi connectivity index (χ3v) is 8.20. The number of carbonyl (C=O) groups excluding carboxylic acids is 3. The van der Waals surface area contributed by atoms with Crippen LogP contribution in [0.4, 0.5) is 0 Å². The summed E-state index contributed by atoms with van der Waals surface area (Å²) in [6.07, 6.45) is 36.0. The minimum absolute atomic E-state index is 0.00830. The molecule has 2 atom stereocenters. The summed E-state index contributed by atoms with van der Waals surface area (Å²) in [6, 6.07) is -0.737. The third-order valence-electron chi connectivity index (χ3n) is 8.20. The van der Waals surface area contributed by atoms with Gasteiger partial charge in [0.1, 0.15) is 12.6 Å². The van der Waals surface area contributed by atoms with Crippen molar-refractivity contribution < 1.29 is 38.2 Å². The van der Waals surface area contributed by atoms with E-state index < -0.39 is 18.1 Å². The molecule has 0 aromatic carbocycles. The maximum atomic E-state index is 12.5. The van der Waals surface area contributed by atoms with E-state index in [1.54, 1.807) is 21.1 Å². The molecule has 2 unspecified atom stereocenters. The average Bonchev–Trinajstić information content (AvgIpc) is 3.05. The molecule has 0 aliphatic heterocycles. The second-order valence-electron chi connectivity index (χ2n) is 13.8. The zero-order valence-corrected chi connectivity index (χ0v) is 31.8. The number of hydrogen-bond acceptors (Lipinski definition) is 7. The molecule has 0 aliphatic rings. The highest BCUT2D eigenvalue weighted by Gasteiger charge is 2.25. The van der Waals surface area contributed by atoms with E-state index >= 15 is 0 Å². The van der Waals surface area contributed by atoms with Gasteiger partial charge < -0.3 is 28.6 Å². The summed E-state index contributed by atoms with van der Waals surface area (Å²) >= 11 is 0. The maximum absolute atomic E-state index is 12.5. The number of allylic oxidation sites excluding steroid dienone is 8. The van der Waals surface area contributed by atoms with Gasteiger partial charge in [0.25, 0.3) is 0 Å². The number of carboxylic acids is 1. The van der Waals surface area contributed by atoms with Crippen molar-refractivity contribution in [3.8, 4) is 0 Å². The Morgan fingerprint density at radius 2 is 1.12 bits per heavy atom. The number of quaternary nitrogens is 1. The zero-order chi connectivity index (χ0) is 36.4. The Kier molecular flexibility index (Phi) is 30.7. The molecule has 8 heteroatoms. The van der Waals surface area contributed by atoms with Gasteiger partial charge in [0.15, 0.2) is 6.10 Å². The minimum atomic E-state index is -1.14. The number of unbranched alkanes of at least 4 members (excludes halogenated alkanes) is 11. The fourth-order valence-electron chi connectivity index (χ4n) is 5.16. The van der Waals surface area contributed by atoms with E-state index in [-0.39, 0.29) is 55.5 Å². The lowest BCUT2D eigenvalue weighted by atomic mass is 10.1. The van der Waals surface area contributed by atoms with Crippen molar-refractivity contribution in [3.05, 3.63) is 48.6 Å². The molecule has 49 heavy (non-hydrogen) atoms. The molecule has 0 aliphatic carbocycles. The summed E-state index contributed by atoms with van der Waals surface area (Å²) in [6.45, 7) is 4.49. The Labute approximate surface area is 299 Å². The highest BCUT2D eigenvalue weighted by molar-refractivity contribution is 5.70. The molecule has 0 spiro atoms. The number of ether oxygens (including phenoxy) is 3. The molecule has 0 fully saturated rings. The Hall–Kier alpha value is -2.71. The van der Waals surface area contributed by atoms with Crippen molar-refractivity contribution in [1.29, 1.82) is 0 Å². The van der Waals surface area contributed by atoms with Crippen LogP contribution in [0, 0.1) is 0 Å². The Bertz CT molecular complexity index is 948. The van der Waals surface area contributed by atoms with Crippen molar-refractivity contribution >= 4 is 17.9 Å². The SMILES string of the molecule is CCCCCC/C=C/CCC(=O)OC(COCCC(C(=O)[O-])[N+](C)(C)C)COC(=O)CCC/C=C/C/C=C/C/C=C/CCCCCCCC.